The summed E-state index contributed by atoms with van der Waals surface area (Å²) in [6.45, 7) is -2.97. The Morgan fingerprint density at radius 3 is 2.55 bits per heavy atom. The Bertz CT molecular complexity index is 1270. The monoisotopic (exact) mass is 440 g/mol. The summed E-state index contributed by atoms with van der Waals surface area (Å²) >= 11 is 1.12. The number of anilines is 1. The first-order valence-electron chi connectivity index (χ1n) is 8.98. The van der Waals surface area contributed by atoms with E-state index in [1.165, 1.54) is 18.2 Å². The second-order valence-corrected chi connectivity index (χ2v) is 7.03. The fourth-order valence-corrected chi connectivity index (χ4v) is 3.49. The van der Waals surface area contributed by atoms with E-state index in [-0.39, 0.29) is 22.1 Å². The van der Waals surface area contributed by atoms with Crippen molar-refractivity contribution in [2.45, 2.75) is 6.61 Å². The average molecular weight is 440 g/mol. The lowest BCUT2D eigenvalue weighted by Gasteiger charge is -2.08. The first kappa shape index (κ1) is 20.4. The lowest BCUT2D eigenvalue weighted by atomic mass is 10.1. The molecule has 0 fully saturated rings. The molecule has 0 saturated heterocycles. The van der Waals surface area contributed by atoms with Gasteiger partial charge < -0.3 is 4.74 Å². The zero-order valence-corrected chi connectivity index (χ0v) is 16.6. The number of thiazole rings is 1. The number of hydrogen-bond donors (Lipinski definition) is 1. The maximum atomic E-state index is 12.6. The number of rotatable bonds is 6. The summed E-state index contributed by atoms with van der Waals surface area (Å²) in [6.07, 6.45) is 0. The molecule has 31 heavy (non-hydrogen) atoms. The fraction of sp³-hybridized carbons (Fsp3) is 0.0476. The number of carbonyl (C=O) groups excluding carboxylic acids is 1. The molecule has 0 spiro atoms. The van der Waals surface area contributed by atoms with Crippen molar-refractivity contribution in [3.8, 4) is 22.7 Å². The molecule has 4 aromatic rings. The molecule has 0 saturated carbocycles. The molecule has 156 valence electrons. The minimum Gasteiger partial charge on any atom is -0.434 e. The van der Waals surface area contributed by atoms with Crippen molar-refractivity contribution in [2.24, 2.45) is 0 Å². The number of ether oxygens (including phenoxy) is 1. The first-order chi connectivity index (χ1) is 15.0. The normalized spacial score (nSPS) is 10.8. The summed E-state index contributed by atoms with van der Waals surface area (Å²) < 4.78 is 30.9. The van der Waals surface area contributed by atoms with Crippen LogP contribution in [0.2, 0.25) is 0 Å². The highest BCUT2D eigenvalue weighted by Gasteiger charge is 2.16. The summed E-state index contributed by atoms with van der Waals surface area (Å²) in [6, 6.07) is 17.5. The van der Waals surface area contributed by atoms with Crippen molar-refractivity contribution in [1.29, 1.82) is 0 Å². The van der Waals surface area contributed by atoms with Crippen LogP contribution in [0, 0.1) is 0 Å². The number of amides is 1. The number of benzene rings is 2. The molecular formula is C21H14F2N4O3S. The van der Waals surface area contributed by atoms with Gasteiger partial charge in [-0.2, -0.15) is 18.6 Å². The van der Waals surface area contributed by atoms with Crippen LogP contribution in [-0.2, 0) is 0 Å². The van der Waals surface area contributed by atoms with Crippen LogP contribution in [0.4, 0.5) is 13.9 Å². The molecule has 10 heteroatoms. The van der Waals surface area contributed by atoms with E-state index in [0.717, 1.165) is 16.0 Å². The number of nitrogens with one attached hydrogen (secondary N) is 1. The van der Waals surface area contributed by atoms with Gasteiger partial charge in [-0.3, -0.25) is 14.9 Å². The molecule has 1 amide bonds. The second-order valence-electron chi connectivity index (χ2n) is 6.17. The molecule has 2 heterocycles. The predicted octanol–water partition coefficient (Wildman–Crippen LogP) is 4.21. The highest BCUT2D eigenvalue weighted by Crippen LogP contribution is 2.33. The lowest BCUT2D eigenvalue weighted by Crippen LogP contribution is -2.24. The van der Waals surface area contributed by atoms with Gasteiger partial charge >= 0.3 is 6.61 Å². The largest absolute Gasteiger partial charge is 0.434 e. The third-order valence-corrected chi connectivity index (χ3v) is 4.90. The summed E-state index contributed by atoms with van der Waals surface area (Å²) in [5, 5.41) is 8.58. The number of alkyl halides is 2. The van der Waals surface area contributed by atoms with Crippen molar-refractivity contribution < 1.29 is 18.3 Å². The van der Waals surface area contributed by atoms with Gasteiger partial charge in [0.05, 0.1) is 11.4 Å². The van der Waals surface area contributed by atoms with E-state index < -0.39 is 12.5 Å². The van der Waals surface area contributed by atoms with Gasteiger partial charge in [0.2, 0.25) is 0 Å². The van der Waals surface area contributed by atoms with Crippen molar-refractivity contribution >= 4 is 22.4 Å². The fourth-order valence-electron chi connectivity index (χ4n) is 2.78. The van der Waals surface area contributed by atoms with Crippen molar-refractivity contribution in [2.75, 3.05) is 5.32 Å². The van der Waals surface area contributed by atoms with Gasteiger partial charge in [0.25, 0.3) is 11.5 Å². The van der Waals surface area contributed by atoms with Gasteiger partial charge in [0.1, 0.15) is 11.4 Å². The van der Waals surface area contributed by atoms with Crippen molar-refractivity contribution in [1.82, 2.24) is 14.8 Å². The molecule has 0 aliphatic heterocycles. The average Bonchev–Trinajstić information content (AvgIpc) is 3.23. The summed E-state index contributed by atoms with van der Waals surface area (Å²) in [5.41, 5.74) is 0.903. The maximum Gasteiger partial charge on any atom is 0.387 e. The van der Waals surface area contributed by atoms with Gasteiger partial charge in [-0.15, -0.1) is 11.3 Å². The van der Waals surface area contributed by atoms with Crippen LogP contribution >= 0.6 is 11.3 Å². The molecular weight excluding hydrogens is 426 g/mol. The molecule has 0 unspecified atom stereocenters. The summed E-state index contributed by atoms with van der Waals surface area (Å²) in [5.74, 6) is -0.583. The smallest absolute Gasteiger partial charge is 0.387 e. The second kappa shape index (κ2) is 8.84. The molecule has 0 radical (unpaired) electrons. The Labute approximate surface area is 178 Å². The molecule has 7 nitrogen and oxygen atoms in total. The molecule has 4 rings (SSSR count). The van der Waals surface area contributed by atoms with Crippen LogP contribution < -0.4 is 15.6 Å². The minimum absolute atomic E-state index is 0.0154. The Hall–Kier alpha value is -3.92. The van der Waals surface area contributed by atoms with E-state index >= 15 is 0 Å². The molecule has 2 aromatic heterocycles. The van der Waals surface area contributed by atoms with E-state index in [1.807, 2.05) is 0 Å². The molecule has 2 aromatic carbocycles. The number of hydrogen-bond acceptors (Lipinski definition) is 6. The summed E-state index contributed by atoms with van der Waals surface area (Å²) in [4.78, 5) is 29.0. The lowest BCUT2D eigenvalue weighted by molar-refractivity contribution is -0.0494. The quantitative estimate of drug-likeness (QED) is 0.485. The Balaban J connectivity index is 1.56. The highest BCUT2D eigenvalue weighted by atomic mass is 32.1. The minimum atomic E-state index is -2.97. The number of aromatic nitrogens is 3. The van der Waals surface area contributed by atoms with E-state index in [2.05, 4.69) is 20.1 Å². The van der Waals surface area contributed by atoms with Crippen LogP contribution in [-0.4, -0.2) is 27.3 Å². The van der Waals surface area contributed by atoms with Crippen LogP contribution in [0.25, 0.3) is 16.9 Å². The number of nitrogens with zero attached hydrogens (tertiary/aromatic N) is 3. The van der Waals surface area contributed by atoms with E-state index in [0.29, 0.717) is 16.9 Å². The van der Waals surface area contributed by atoms with Gasteiger partial charge in [-0.1, -0.05) is 30.3 Å². The Morgan fingerprint density at radius 2 is 1.77 bits per heavy atom. The van der Waals surface area contributed by atoms with E-state index in [9.17, 15) is 18.4 Å². The molecule has 0 atom stereocenters. The van der Waals surface area contributed by atoms with Gasteiger partial charge in [0.15, 0.2) is 5.13 Å². The highest BCUT2D eigenvalue weighted by molar-refractivity contribution is 7.14. The topological polar surface area (TPSA) is 86.1 Å². The van der Waals surface area contributed by atoms with Crippen LogP contribution in [0.15, 0.2) is 76.9 Å². The SMILES string of the molecule is O=C(Nc1nc(-c2ccccc2OC(F)F)cs1)c1ccc(=O)n(-c2ccccc2)n1. The summed E-state index contributed by atoms with van der Waals surface area (Å²) in [7, 11) is 0. The third kappa shape index (κ3) is 4.64. The van der Waals surface area contributed by atoms with Crippen LogP contribution in [0.1, 0.15) is 10.5 Å². The molecule has 0 bridgehead atoms. The Kier molecular flexibility index (Phi) is 5.80. The maximum absolute atomic E-state index is 12.6. The van der Waals surface area contributed by atoms with Crippen molar-refractivity contribution in [3.63, 3.8) is 0 Å². The van der Waals surface area contributed by atoms with Gasteiger partial charge in [-0.05, 0) is 30.3 Å². The number of para-hydroxylation sites is 2. The van der Waals surface area contributed by atoms with Crippen LogP contribution in [0.5, 0.6) is 5.75 Å². The van der Waals surface area contributed by atoms with E-state index in [1.54, 1.807) is 53.9 Å². The molecule has 0 aliphatic carbocycles. The zero-order chi connectivity index (χ0) is 21.8. The standard InChI is InChI=1S/C21H14F2N4O3S/c22-20(23)30-17-9-5-4-8-14(17)16-12-31-21(24-16)25-19(29)15-10-11-18(28)27(26-15)13-6-2-1-3-7-13/h1-12,20H,(H,24,25,29). The third-order valence-electron chi connectivity index (χ3n) is 4.14. The van der Waals surface area contributed by atoms with Crippen molar-refractivity contribution in [3.05, 3.63) is 88.2 Å². The predicted molar refractivity (Wildman–Crippen MR) is 112 cm³/mol. The van der Waals surface area contributed by atoms with E-state index in [4.69, 9.17) is 0 Å². The molecule has 0 aliphatic rings. The molecule has 1 N–H and O–H groups in total. The zero-order valence-electron chi connectivity index (χ0n) is 15.7. The number of halogens is 2. The Morgan fingerprint density at radius 1 is 1.03 bits per heavy atom. The van der Waals surface area contributed by atoms with Gasteiger partial charge in [0, 0.05) is 17.0 Å². The number of carbonyl (C=O) groups is 1. The van der Waals surface area contributed by atoms with Gasteiger partial charge in [-0.25, -0.2) is 4.98 Å². The van der Waals surface area contributed by atoms with Crippen LogP contribution in [0.3, 0.4) is 0 Å². The first-order valence-corrected chi connectivity index (χ1v) is 9.86.